The Kier molecular flexibility index (Phi) is 17.7. The van der Waals surface area contributed by atoms with Gasteiger partial charge in [0.15, 0.2) is 0 Å². The molecular weight excluding hydrogens is 292 g/mol. The van der Waals surface area contributed by atoms with Gasteiger partial charge in [-0.1, -0.05) is 64.7 Å². The minimum absolute atomic E-state index is 1.23. The van der Waals surface area contributed by atoms with E-state index < -0.39 is 0 Å². The first-order chi connectivity index (χ1) is 11.6. The molecule has 0 N–H and O–H groups in total. The quantitative estimate of drug-likeness (QED) is 0.276. The van der Waals surface area contributed by atoms with Crippen LogP contribution in [0.2, 0.25) is 0 Å². The summed E-state index contributed by atoms with van der Waals surface area (Å²) >= 11 is 0. The van der Waals surface area contributed by atoms with E-state index in [0.29, 0.717) is 0 Å². The zero-order chi connectivity index (χ0) is 18.0. The lowest BCUT2D eigenvalue weighted by molar-refractivity contribution is 0.376. The molecule has 1 radical (unpaired) electrons. The molecule has 0 bridgehead atoms. The van der Waals surface area contributed by atoms with E-state index in [9.17, 15) is 0 Å². The van der Waals surface area contributed by atoms with Crippen molar-refractivity contribution in [3.05, 3.63) is 5.92 Å². The Labute approximate surface area is 154 Å². The molecule has 0 saturated heterocycles. The Morgan fingerprint density at radius 2 is 0.875 bits per heavy atom. The van der Waals surface area contributed by atoms with Crippen LogP contribution in [-0.2, 0) is 0 Å². The van der Waals surface area contributed by atoms with E-state index in [2.05, 4.69) is 44.9 Å². The summed E-state index contributed by atoms with van der Waals surface area (Å²) in [7, 11) is 8.75. The first-order valence-electron chi connectivity index (χ1n) is 10.7. The highest BCUT2D eigenvalue weighted by atomic mass is 15.0. The molecule has 24 heavy (non-hydrogen) atoms. The molecule has 0 rings (SSSR count). The Hall–Kier alpha value is -0.0800. The molecule has 0 aromatic heterocycles. The van der Waals surface area contributed by atoms with Gasteiger partial charge in [0.25, 0.3) is 0 Å². The first-order valence-corrected chi connectivity index (χ1v) is 10.7. The summed E-state index contributed by atoms with van der Waals surface area (Å²) < 4.78 is 0. The van der Waals surface area contributed by atoms with E-state index in [1.54, 1.807) is 0 Å². The summed E-state index contributed by atoms with van der Waals surface area (Å²) in [6, 6.07) is 0. The van der Waals surface area contributed by atoms with Gasteiger partial charge in [-0.05, 0) is 79.3 Å². The molecule has 2 nitrogen and oxygen atoms in total. The van der Waals surface area contributed by atoms with E-state index >= 15 is 0 Å². The second-order valence-corrected chi connectivity index (χ2v) is 8.14. The highest BCUT2D eigenvalue weighted by molar-refractivity contribution is 4.89. The molecule has 0 fully saturated rings. The smallest absolute Gasteiger partial charge is 0.00246 e. The molecule has 0 aliphatic rings. The summed E-state index contributed by atoms with van der Waals surface area (Å²) in [4.78, 5) is 4.63. The Balaban J connectivity index is 3.69. The molecule has 0 heterocycles. The highest BCUT2D eigenvalue weighted by Crippen LogP contribution is 2.24. The molecule has 0 spiro atoms. The summed E-state index contributed by atoms with van der Waals surface area (Å²) in [5, 5.41) is 0. The maximum Gasteiger partial charge on any atom is -0.00246 e. The average Bonchev–Trinajstić information content (AvgIpc) is 2.52. The van der Waals surface area contributed by atoms with Crippen LogP contribution < -0.4 is 0 Å². The van der Waals surface area contributed by atoms with Crippen molar-refractivity contribution >= 4 is 0 Å². The third kappa shape index (κ3) is 18.3. The van der Waals surface area contributed by atoms with Crippen molar-refractivity contribution < 1.29 is 0 Å². The van der Waals surface area contributed by atoms with Crippen molar-refractivity contribution in [3.63, 3.8) is 0 Å². The van der Waals surface area contributed by atoms with Crippen molar-refractivity contribution in [1.82, 2.24) is 9.80 Å². The number of unbranched alkanes of at least 4 members (excludes halogenated alkanes) is 8. The van der Waals surface area contributed by atoms with Gasteiger partial charge in [-0.2, -0.15) is 0 Å². The second kappa shape index (κ2) is 17.7. The zero-order valence-corrected chi connectivity index (χ0v) is 17.7. The van der Waals surface area contributed by atoms with Crippen LogP contribution in [0.5, 0.6) is 0 Å². The molecule has 0 aliphatic carbocycles. The third-order valence-corrected chi connectivity index (χ3v) is 4.91. The lowest BCUT2D eigenvalue weighted by Gasteiger charge is -2.19. The normalized spacial score (nSPS) is 12.0. The van der Waals surface area contributed by atoms with Crippen molar-refractivity contribution in [2.45, 2.75) is 96.8 Å². The maximum atomic E-state index is 2.32. The average molecular weight is 340 g/mol. The predicted molar refractivity (Wildman–Crippen MR) is 111 cm³/mol. The van der Waals surface area contributed by atoms with Gasteiger partial charge in [-0.25, -0.2) is 0 Å². The minimum atomic E-state index is 1.23. The van der Waals surface area contributed by atoms with Gasteiger partial charge in [0.05, 0.1) is 0 Å². The van der Waals surface area contributed by atoms with Gasteiger partial charge < -0.3 is 9.80 Å². The fourth-order valence-electron chi connectivity index (χ4n) is 3.35. The maximum absolute atomic E-state index is 2.32. The SMILES string of the molecule is CCCCCCCCCCC[C](CCCN(C)C)CCCN(C)C. The molecule has 0 aromatic rings. The molecule has 2 heteroatoms. The minimum Gasteiger partial charge on any atom is -0.309 e. The van der Waals surface area contributed by atoms with Gasteiger partial charge >= 0.3 is 0 Å². The van der Waals surface area contributed by atoms with E-state index in [-0.39, 0.29) is 0 Å². The van der Waals surface area contributed by atoms with Crippen LogP contribution in [0, 0.1) is 5.92 Å². The van der Waals surface area contributed by atoms with Crippen LogP contribution in [0.4, 0.5) is 0 Å². The fraction of sp³-hybridized carbons (Fsp3) is 0.955. The Morgan fingerprint density at radius 3 is 1.29 bits per heavy atom. The van der Waals surface area contributed by atoms with Crippen molar-refractivity contribution in [2.24, 2.45) is 0 Å². The van der Waals surface area contributed by atoms with E-state index in [4.69, 9.17) is 0 Å². The van der Waals surface area contributed by atoms with Crippen LogP contribution in [0.15, 0.2) is 0 Å². The summed E-state index contributed by atoms with van der Waals surface area (Å²) in [5.41, 5.74) is 0. The van der Waals surface area contributed by atoms with E-state index in [0.717, 1.165) is 0 Å². The predicted octanol–water partition coefficient (Wildman–Crippen LogP) is 6.17. The lowest BCUT2D eigenvalue weighted by atomic mass is 9.91. The van der Waals surface area contributed by atoms with Gasteiger partial charge in [0.2, 0.25) is 0 Å². The van der Waals surface area contributed by atoms with Crippen molar-refractivity contribution in [1.29, 1.82) is 0 Å². The summed E-state index contributed by atoms with van der Waals surface area (Å²) in [6.07, 6.45) is 19.7. The molecule has 0 aromatic carbocycles. The Bertz CT molecular complexity index is 224. The third-order valence-electron chi connectivity index (χ3n) is 4.91. The van der Waals surface area contributed by atoms with Crippen molar-refractivity contribution in [2.75, 3.05) is 41.3 Å². The molecule has 0 saturated carbocycles. The highest BCUT2D eigenvalue weighted by Gasteiger charge is 2.09. The fourth-order valence-corrected chi connectivity index (χ4v) is 3.35. The molecule has 145 valence electrons. The van der Waals surface area contributed by atoms with Crippen LogP contribution in [0.1, 0.15) is 96.8 Å². The van der Waals surface area contributed by atoms with Gasteiger partial charge in [-0.3, -0.25) is 0 Å². The molecule has 0 unspecified atom stereocenters. The van der Waals surface area contributed by atoms with Gasteiger partial charge in [-0.15, -0.1) is 0 Å². The largest absolute Gasteiger partial charge is 0.309 e. The number of hydrogen-bond donors (Lipinski definition) is 0. The molecule has 0 amide bonds. The van der Waals surface area contributed by atoms with E-state index in [1.165, 1.54) is 103 Å². The number of nitrogens with zero attached hydrogens (tertiary/aromatic N) is 2. The van der Waals surface area contributed by atoms with Crippen LogP contribution in [0.25, 0.3) is 0 Å². The van der Waals surface area contributed by atoms with Crippen LogP contribution in [0.3, 0.4) is 0 Å². The lowest BCUT2D eigenvalue weighted by Crippen LogP contribution is -2.15. The number of rotatable bonds is 18. The number of hydrogen-bond acceptors (Lipinski definition) is 2. The van der Waals surface area contributed by atoms with Crippen LogP contribution >= 0.6 is 0 Å². The van der Waals surface area contributed by atoms with Gasteiger partial charge in [0, 0.05) is 0 Å². The van der Waals surface area contributed by atoms with E-state index in [1.807, 2.05) is 5.92 Å². The summed E-state index contributed by atoms with van der Waals surface area (Å²) in [5.74, 6) is 1.83. The monoisotopic (exact) mass is 339 g/mol. The summed E-state index contributed by atoms with van der Waals surface area (Å²) in [6.45, 7) is 4.76. The molecule has 0 aliphatic heterocycles. The van der Waals surface area contributed by atoms with Crippen LogP contribution in [-0.4, -0.2) is 51.1 Å². The Morgan fingerprint density at radius 1 is 0.500 bits per heavy atom. The first kappa shape index (κ1) is 23.9. The zero-order valence-electron chi connectivity index (χ0n) is 17.7. The molecule has 0 atom stereocenters. The van der Waals surface area contributed by atoms with Crippen molar-refractivity contribution in [3.8, 4) is 0 Å². The molecular formula is C22H47N2. The topological polar surface area (TPSA) is 6.48 Å². The second-order valence-electron chi connectivity index (χ2n) is 8.14. The van der Waals surface area contributed by atoms with Gasteiger partial charge in [0.1, 0.15) is 0 Å². The standard InChI is InChI=1S/C22H47N2/c1-6-7-8-9-10-11-12-13-14-17-22(18-15-20-23(2)3)19-16-21-24(4)5/h6-21H2,1-5H3.